The van der Waals surface area contributed by atoms with Gasteiger partial charge in [0.05, 0.1) is 29.8 Å². The highest BCUT2D eigenvalue weighted by molar-refractivity contribution is 6.36. The molecule has 0 amide bonds. The van der Waals surface area contributed by atoms with E-state index in [1.165, 1.54) is 38.7 Å². The molecule has 0 aliphatic rings. The van der Waals surface area contributed by atoms with E-state index in [0.717, 1.165) is 0 Å². The van der Waals surface area contributed by atoms with Crippen LogP contribution >= 0.6 is 23.2 Å². The van der Waals surface area contributed by atoms with Crippen molar-refractivity contribution in [2.75, 3.05) is 14.2 Å². The summed E-state index contributed by atoms with van der Waals surface area (Å²) < 4.78 is 46.7. The number of benzene rings is 2. The molecular formula is C23H19Cl2F2NO5. The standard InChI is InChI=1S/C23H19Cl2F2NO5/c1-30-20-8-7-14(18(29)9-15-16(24)10-28-11-17(15)25)21(22(20)31-2)32-12-13-5-3-4-6-19(13)33-23(26)27/h3-8,10-11,23H,9,12H2,1-2H3. The third-order valence-corrected chi connectivity index (χ3v) is 5.30. The Morgan fingerprint density at radius 3 is 2.30 bits per heavy atom. The molecule has 0 unspecified atom stereocenters. The van der Waals surface area contributed by atoms with Gasteiger partial charge in [0, 0.05) is 29.9 Å². The number of aromatic nitrogens is 1. The highest BCUT2D eigenvalue weighted by Crippen LogP contribution is 2.41. The van der Waals surface area contributed by atoms with E-state index in [0.29, 0.717) is 16.9 Å². The number of carbonyl (C=O) groups excluding carboxylic acids is 1. The van der Waals surface area contributed by atoms with Gasteiger partial charge in [0.2, 0.25) is 5.75 Å². The molecule has 0 aliphatic heterocycles. The van der Waals surface area contributed by atoms with Crippen LogP contribution < -0.4 is 18.9 Å². The molecule has 0 fully saturated rings. The normalized spacial score (nSPS) is 10.8. The van der Waals surface area contributed by atoms with Crippen LogP contribution in [0.4, 0.5) is 8.78 Å². The van der Waals surface area contributed by atoms with E-state index >= 15 is 0 Å². The van der Waals surface area contributed by atoms with Crippen LogP contribution in [0.2, 0.25) is 10.0 Å². The predicted octanol–water partition coefficient (Wildman–Crippen LogP) is 6.01. The first-order chi connectivity index (χ1) is 15.8. The molecule has 3 aromatic rings. The van der Waals surface area contributed by atoms with E-state index in [1.807, 2.05) is 0 Å². The van der Waals surface area contributed by atoms with Crippen molar-refractivity contribution < 1.29 is 32.5 Å². The molecule has 10 heteroatoms. The summed E-state index contributed by atoms with van der Waals surface area (Å²) in [5.41, 5.74) is 0.930. The second-order valence-electron chi connectivity index (χ2n) is 6.63. The Labute approximate surface area is 199 Å². The summed E-state index contributed by atoms with van der Waals surface area (Å²) in [6, 6.07) is 9.26. The molecule has 0 bridgehead atoms. The van der Waals surface area contributed by atoms with Crippen molar-refractivity contribution in [2.24, 2.45) is 0 Å². The van der Waals surface area contributed by atoms with Crippen molar-refractivity contribution in [3.8, 4) is 23.0 Å². The van der Waals surface area contributed by atoms with Crippen molar-refractivity contribution in [1.29, 1.82) is 0 Å². The SMILES string of the molecule is COc1ccc(C(=O)Cc2c(Cl)cncc2Cl)c(OCc2ccccc2OC(F)F)c1OC. The Morgan fingerprint density at radius 2 is 1.67 bits per heavy atom. The maximum atomic E-state index is 13.2. The average molecular weight is 498 g/mol. The number of alkyl halides is 2. The summed E-state index contributed by atoms with van der Waals surface area (Å²) in [5.74, 6) is 0.161. The lowest BCUT2D eigenvalue weighted by Gasteiger charge is -2.18. The number of hydrogen-bond acceptors (Lipinski definition) is 6. The Balaban J connectivity index is 1.97. The summed E-state index contributed by atoms with van der Waals surface area (Å²) in [6.07, 6.45) is 2.65. The van der Waals surface area contributed by atoms with Crippen molar-refractivity contribution in [1.82, 2.24) is 4.98 Å². The molecule has 1 aromatic heterocycles. The summed E-state index contributed by atoms with van der Waals surface area (Å²) in [5, 5.41) is 0.494. The van der Waals surface area contributed by atoms with Crippen LogP contribution in [-0.2, 0) is 13.0 Å². The molecule has 6 nitrogen and oxygen atoms in total. The molecule has 0 N–H and O–H groups in total. The van der Waals surface area contributed by atoms with Gasteiger partial charge in [-0.2, -0.15) is 8.78 Å². The fraction of sp³-hybridized carbons (Fsp3) is 0.217. The van der Waals surface area contributed by atoms with Crippen LogP contribution in [-0.4, -0.2) is 31.6 Å². The minimum absolute atomic E-state index is 0.0439. The van der Waals surface area contributed by atoms with E-state index < -0.39 is 6.61 Å². The molecule has 0 saturated carbocycles. The molecule has 0 spiro atoms. The van der Waals surface area contributed by atoms with E-state index in [1.54, 1.807) is 24.3 Å². The molecule has 0 atom stereocenters. The van der Waals surface area contributed by atoms with E-state index in [-0.39, 0.29) is 51.7 Å². The minimum atomic E-state index is -3.00. The maximum Gasteiger partial charge on any atom is 0.387 e. The van der Waals surface area contributed by atoms with Gasteiger partial charge in [0.15, 0.2) is 17.3 Å². The monoisotopic (exact) mass is 497 g/mol. The number of ketones is 1. The predicted molar refractivity (Wildman–Crippen MR) is 119 cm³/mol. The highest BCUT2D eigenvalue weighted by atomic mass is 35.5. The first kappa shape index (κ1) is 24.5. The number of pyridine rings is 1. The average Bonchev–Trinajstić information content (AvgIpc) is 2.79. The molecule has 3 rings (SSSR count). The number of Topliss-reactive ketones (excluding diaryl/α,β-unsaturated/α-hetero) is 1. The van der Waals surface area contributed by atoms with Gasteiger partial charge in [-0.15, -0.1) is 0 Å². The minimum Gasteiger partial charge on any atom is -0.493 e. The van der Waals surface area contributed by atoms with Gasteiger partial charge in [-0.25, -0.2) is 0 Å². The van der Waals surface area contributed by atoms with Crippen molar-refractivity contribution >= 4 is 29.0 Å². The maximum absolute atomic E-state index is 13.2. The highest BCUT2D eigenvalue weighted by Gasteiger charge is 2.23. The lowest BCUT2D eigenvalue weighted by molar-refractivity contribution is -0.0508. The quantitative estimate of drug-likeness (QED) is 0.319. The molecule has 1 heterocycles. The zero-order valence-electron chi connectivity index (χ0n) is 17.6. The fourth-order valence-electron chi connectivity index (χ4n) is 3.11. The number of ether oxygens (including phenoxy) is 4. The number of hydrogen-bond donors (Lipinski definition) is 0. The van der Waals surface area contributed by atoms with Gasteiger partial charge in [-0.05, 0) is 18.2 Å². The van der Waals surface area contributed by atoms with Crippen LogP contribution in [0.3, 0.4) is 0 Å². The first-order valence-electron chi connectivity index (χ1n) is 9.57. The van der Waals surface area contributed by atoms with Gasteiger partial charge in [0.25, 0.3) is 0 Å². The van der Waals surface area contributed by atoms with Gasteiger partial charge in [-0.3, -0.25) is 9.78 Å². The molecule has 174 valence electrons. The smallest absolute Gasteiger partial charge is 0.387 e. The van der Waals surface area contributed by atoms with Crippen molar-refractivity contribution in [3.05, 3.63) is 75.5 Å². The molecule has 0 radical (unpaired) electrons. The van der Waals surface area contributed by atoms with Gasteiger partial charge >= 0.3 is 6.61 Å². The Hall–Kier alpha value is -3.10. The summed E-state index contributed by atoms with van der Waals surface area (Å²) in [4.78, 5) is 17.1. The summed E-state index contributed by atoms with van der Waals surface area (Å²) >= 11 is 12.3. The summed E-state index contributed by atoms with van der Waals surface area (Å²) in [6.45, 7) is -3.17. The first-order valence-corrected chi connectivity index (χ1v) is 10.3. The zero-order valence-corrected chi connectivity index (χ0v) is 19.1. The number of carbonyl (C=O) groups is 1. The fourth-order valence-corrected chi connectivity index (χ4v) is 3.61. The van der Waals surface area contributed by atoms with Crippen LogP contribution in [0.25, 0.3) is 0 Å². The second kappa shape index (κ2) is 11.2. The number of para-hydroxylation sites is 1. The Bertz CT molecular complexity index is 1120. The number of rotatable bonds is 10. The van der Waals surface area contributed by atoms with Gasteiger partial charge in [0.1, 0.15) is 12.4 Å². The number of halogens is 4. The third-order valence-electron chi connectivity index (χ3n) is 4.65. The van der Waals surface area contributed by atoms with Crippen LogP contribution in [0.15, 0.2) is 48.8 Å². The summed E-state index contributed by atoms with van der Waals surface area (Å²) in [7, 11) is 2.83. The van der Waals surface area contributed by atoms with Gasteiger partial charge < -0.3 is 18.9 Å². The lowest BCUT2D eigenvalue weighted by atomic mass is 10.0. The molecule has 0 aliphatic carbocycles. The van der Waals surface area contributed by atoms with Crippen molar-refractivity contribution in [2.45, 2.75) is 19.6 Å². The molecular weight excluding hydrogens is 479 g/mol. The Kier molecular flexibility index (Phi) is 8.30. The van der Waals surface area contributed by atoms with Crippen LogP contribution in [0.1, 0.15) is 21.5 Å². The molecule has 33 heavy (non-hydrogen) atoms. The van der Waals surface area contributed by atoms with E-state index in [9.17, 15) is 13.6 Å². The number of nitrogens with zero attached hydrogens (tertiary/aromatic N) is 1. The number of methoxy groups -OCH3 is 2. The topological polar surface area (TPSA) is 66.9 Å². The van der Waals surface area contributed by atoms with E-state index in [4.69, 9.17) is 37.4 Å². The van der Waals surface area contributed by atoms with Crippen molar-refractivity contribution in [3.63, 3.8) is 0 Å². The van der Waals surface area contributed by atoms with Crippen LogP contribution in [0.5, 0.6) is 23.0 Å². The zero-order chi connectivity index (χ0) is 24.0. The van der Waals surface area contributed by atoms with Gasteiger partial charge in [-0.1, -0.05) is 41.4 Å². The van der Waals surface area contributed by atoms with E-state index in [2.05, 4.69) is 9.72 Å². The van der Waals surface area contributed by atoms with Crippen LogP contribution in [0, 0.1) is 0 Å². The lowest BCUT2D eigenvalue weighted by Crippen LogP contribution is -2.11. The second-order valence-corrected chi connectivity index (χ2v) is 7.45. The Morgan fingerprint density at radius 1 is 0.970 bits per heavy atom. The molecule has 0 saturated heterocycles. The largest absolute Gasteiger partial charge is 0.493 e. The molecule has 2 aromatic carbocycles. The third kappa shape index (κ3) is 5.83.